The Labute approximate surface area is 171 Å². The van der Waals surface area contributed by atoms with Gasteiger partial charge >= 0.3 is 5.97 Å². The molecular weight excluding hydrogens is 398 g/mol. The summed E-state index contributed by atoms with van der Waals surface area (Å²) < 4.78 is 28.8. The van der Waals surface area contributed by atoms with Gasteiger partial charge in [0.25, 0.3) is 5.91 Å². The molecule has 1 heterocycles. The van der Waals surface area contributed by atoms with Gasteiger partial charge in [0.15, 0.2) is 16.4 Å². The lowest BCUT2D eigenvalue weighted by Crippen LogP contribution is -2.48. The standard InChI is InChI=1S/C20H29NO5S2/c1-5-16(4)21(17-8-9-28(24,25)13-17)19(22)11-26-20(23)12-27-18-7-6-14(2)10-15(18)3/h6-7,10,16-17H,5,8-9,11-13H2,1-4H3/t16-,17+/m0/s1. The third-order valence-electron chi connectivity index (χ3n) is 4.99. The molecule has 0 unspecified atom stereocenters. The van der Waals surface area contributed by atoms with Gasteiger partial charge in [-0.25, -0.2) is 8.42 Å². The number of rotatable bonds is 8. The van der Waals surface area contributed by atoms with Crippen molar-refractivity contribution in [2.45, 2.75) is 57.5 Å². The molecule has 0 spiro atoms. The fourth-order valence-electron chi connectivity index (χ4n) is 3.36. The molecule has 0 N–H and O–H groups in total. The number of aryl methyl sites for hydroxylation is 2. The molecule has 156 valence electrons. The third kappa shape index (κ3) is 6.24. The van der Waals surface area contributed by atoms with E-state index < -0.39 is 15.8 Å². The van der Waals surface area contributed by atoms with Crippen LogP contribution < -0.4 is 0 Å². The number of carbonyl (C=O) groups excluding carboxylic acids is 2. The third-order valence-corrected chi connectivity index (χ3v) is 7.89. The minimum absolute atomic E-state index is 0.0143. The van der Waals surface area contributed by atoms with Gasteiger partial charge in [0.2, 0.25) is 0 Å². The number of benzene rings is 1. The van der Waals surface area contributed by atoms with E-state index in [4.69, 9.17) is 4.74 Å². The van der Waals surface area contributed by atoms with Crippen LogP contribution in [0.4, 0.5) is 0 Å². The van der Waals surface area contributed by atoms with Crippen LogP contribution >= 0.6 is 11.8 Å². The van der Waals surface area contributed by atoms with Crippen molar-refractivity contribution in [1.29, 1.82) is 0 Å². The monoisotopic (exact) mass is 427 g/mol. The zero-order valence-electron chi connectivity index (χ0n) is 16.9. The Hall–Kier alpha value is -1.54. The predicted octanol–water partition coefficient (Wildman–Crippen LogP) is 2.75. The van der Waals surface area contributed by atoms with E-state index in [0.717, 1.165) is 16.0 Å². The number of sulfone groups is 1. The van der Waals surface area contributed by atoms with Gasteiger partial charge in [-0.15, -0.1) is 11.8 Å². The summed E-state index contributed by atoms with van der Waals surface area (Å²) >= 11 is 1.38. The Bertz CT molecular complexity index is 822. The van der Waals surface area contributed by atoms with Gasteiger partial charge in [0.1, 0.15) is 0 Å². The summed E-state index contributed by atoms with van der Waals surface area (Å²) in [5, 5.41) is 0. The lowest BCUT2D eigenvalue weighted by Gasteiger charge is -2.33. The average molecular weight is 428 g/mol. The summed E-state index contributed by atoms with van der Waals surface area (Å²) in [6, 6.07) is 5.57. The molecule has 0 bridgehead atoms. The second-order valence-corrected chi connectivity index (χ2v) is 10.6. The van der Waals surface area contributed by atoms with Crippen LogP contribution in [-0.4, -0.2) is 61.1 Å². The van der Waals surface area contributed by atoms with Crippen molar-refractivity contribution in [1.82, 2.24) is 4.90 Å². The van der Waals surface area contributed by atoms with Crippen molar-refractivity contribution in [3.63, 3.8) is 0 Å². The Balaban J connectivity index is 1.89. The fourth-order valence-corrected chi connectivity index (χ4v) is 5.88. The van der Waals surface area contributed by atoms with Gasteiger partial charge in [-0.05, 0) is 45.2 Å². The smallest absolute Gasteiger partial charge is 0.316 e. The maximum absolute atomic E-state index is 12.7. The van der Waals surface area contributed by atoms with E-state index in [-0.39, 0.29) is 41.9 Å². The lowest BCUT2D eigenvalue weighted by molar-refractivity contribution is -0.152. The SMILES string of the molecule is CC[C@H](C)N(C(=O)COC(=O)CSc1ccc(C)cc1C)[C@@H]1CCS(=O)(=O)C1. The van der Waals surface area contributed by atoms with Gasteiger partial charge in [-0.2, -0.15) is 0 Å². The highest BCUT2D eigenvalue weighted by molar-refractivity contribution is 8.00. The van der Waals surface area contributed by atoms with Gasteiger partial charge in [0.05, 0.1) is 17.3 Å². The van der Waals surface area contributed by atoms with Crippen LogP contribution in [0.15, 0.2) is 23.1 Å². The Morgan fingerprint density at radius 3 is 2.61 bits per heavy atom. The molecule has 0 radical (unpaired) electrons. The highest BCUT2D eigenvalue weighted by Gasteiger charge is 2.36. The van der Waals surface area contributed by atoms with E-state index >= 15 is 0 Å². The minimum atomic E-state index is -3.10. The number of amides is 1. The minimum Gasteiger partial charge on any atom is -0.455 e. The van der Waals surface area contributed by atoms with Crippen LogP contribution in [0.1, 0.15) is 37.8 Å². The molecule has 6 nitrogen and oxygen atoms in total. The molecule has 1 fully saturated rings. The van der Waals surface area contributed by atoms with Crippen LogP contribution in [0.2, 0.25) is 0 Å². The molecule has 2 atom stereocenters. The van der Waals surface area contributed by atoms with Crippen molar-refractivity contribution < 1.29 is 22.7 Å². The molecule has 1 saturated heterocycles. The van der Waals surface area contributed by atoms with Crippen molar-refractivity contribution >= 4 is 33.5 Å². The second-order valence-electron chi connectivity index (χ2n) is 7.33. The highest BCUT2D eigenvalue weighted by atomic mass is 32.2. The van der Waals surface area contributed by atoms with Crippen LogP contribution in [0, 0.1) is 13.8 Å². The number of thioether (sulfide) groups is 1. The zero-order chi connectivity index (χ0) is 20.9. The first-order valence-electron chi connectivity index (χ1n) is 9.50. The number of hydrogen-bond donors (Lipinski definition) is 0. The summed E-state index contributed by atoms with van der Waals surface area (Å²) in [5.41, 5.74) is 2.26. The summed E-state index contributed by atoms with van der Waals surface area (Å²) in [7, 11) is -3.10. The first-order chi connectivity index (χ1) is 13.1. The fraction of sp³-hybridized carbons (Fsp3) is 0.600. The Kier molecular flexibility index (Phi) is 7.95. The van der Waals surface area contributed by atoms with Crippen molar-refractivity contribution in [3.05, 3.63) is 29.3 Å². The largest absolute Gasteiger partial charge is 0.455 e. The van der Waals surface area contributed by atoms with Gasteiger partial charge in [-0.3, -0.25) is 9.59 Å². The van der Waals surface area contributed by atoms with E-state index in [0.29, 0.717) is 12.8 Å². The van der Waals surface area contributed by atoms with E-state index in [1.165, 1.54) is 11.8 Å². The quantitative estimate of drug-likeness (QED) is 0.469. The number of carbonyl (C=O) groups is 2. The molecule has 1 aromatic carbocycles. The predicted molar refractivity (Wildman–Crippen MR) is 111 cm³/mol. The molecule has 0 aromatic heterocycles. The van der Waals surface area contributed by atoms with Crippen LogP contribution in [0.5, 0.6) is 0 Å². The average Bonchev–Trinajstić information content (AvgIpc) is 2.98. The topological polar surface area (TPSA) is 80.8 Å². The van der Waals surface area contributed by atoms with E-state index in [9.17, 15) is 18.0 Å². The summed E-state index contributed by atoms with van der Waals surface area (Å²) in [4.78, 5) is 27.3. The number of ether oxygens (including phenoxy) is 1. The van der Waals surface area contributed by atoms with Crippen LogP contribution in [0.3, 0.4) is 0 Å². The molecule has 28 heavy (non-hydrogen) atoms. The molecule has 8 heteroatoms. The maximum Gasteiger partial charge on any atom is 0.316 e. The lowest BCUT2D eigenvalue weighted by atomic mass is 10.1. The Morgan fingerprint density at radius 1 is 1.32 bits per heavy atom. The molecule has 0 aliphatic carbocycles. The van der Waals surface area contributed by atoms with Crippen LogP contribution in [-0.2, 0) is 24.2 Å². The van der Waals surface area contributed by atoms with Crippen molar-refractivity contribution in [2.24, 2.45) is 0 Å². The van der Waals surface area contributed by atoms with E-state index in [1.807, 2.05) is 39.8 Å². The van der Waals surface area contributed by atoms with Crippen molar-refractivity contribution in [2.75, 3.05) is 23.9 Å². The number of hydrogen-bond acceptors (Lipinski definition) is 6. The molecule has 1 aromatic rings. The van der Waals surface area contributed by atoms with Gasteiger partial charge in [0, 0.05) is 17.0 Å². The molecule has 2 rings (SSSR count). The summed E-state index contributed by atoms with van der Waals surface area (Å²) in [5.74, 6) is -0.579. The first kappa shape index (κ1) is 22.7. The molecule has 1 amide bonds. The van der Waals surface area contributed by atoms with E-state index in [2.05, 4.69) is 6.07 Å². The molecule has 1 aliphatic rings. The molecule has 0 saturated carbocycles. The second kappa shape index (κ2) is 9.78. The maximum atomic E-state index is 12.7. The molecule has 1 aliphatic heterocycles. The highest BCUT2D eigenvalue weighted by Crippen LogP contribution is 2.24. The summed E-state index contributed by atoms with van der Waals surface area (Å²) in [6.07, 6.45) is 1.15. The Morgan fingerprint density at radius 2 is 2.04 bits per heavy atom. The first-order valence-corrected chi connectivity index (χ1v) is 12.3. The summed E-state index contributed by atoms with van der Waals surface area (Å²) in [6.45, 7) is 7.48. The van der Waals surface area contributed by atoms with Crippen LogP contribution in [0.25, 0.3) is 0 Å². The molecular formula is C20H29NO5S2. The number of esters is 1. The van der Waals surface area contributed by atoms with Gasteiger partial charge < -0.3 is 9.64 Å². The van der Waals surface area contributed by atoms with Gasteiger partial charge in [-0.1, -0.05) is 24.6 Å². The van der Waals surface area contributed by atoms with E-state index in [1.54, 1.807) is 4.90 Å². The normalized spacial score (nSPS) is 19.2. The zero-order valence-corrected chi connectivity index (χ0v) is 18.6. The number of nitrogens with zero attached hydrogens (tertiary/aromatic N) is 1. The van der Waals surface area contributed by atoms with Crippen molar-refractivity contribution in [3.8, 4) is 0 Å².